The van der Waals surface area contributed by atoms with Gasteiger partial charge in [0.2, 0.25) is 0 Å². The molecule has 0 atom stereocenters. The van der Waals surface area contributed by atoms with Gasteiger partial charge in [-0.1, -0.05) is 17.7 Å². The fourth-order valence-corrected chi connectivity index (χ4v) is 4.54. The zero-order valence-electron chi connectivity index (χ0n) is 14.1. The summed E-state index contributed by atoms with van der Waals surface area (Å²) in [5, 5.41) is 0.0984. The van der Waals surface area contributed by atoms with E-state index in [2.05, 4.69) is 27.7 Å². The Morgan fingerprint density at radius 2 is 1.55 bits per heavy atom. The summed E-state index contributed by atoms with van der Waals surface area (Å²) < 4.78 is 26.7. The maximum atomic E-state index is 14.2. The summed E-state index contributed by atoms with van der Waals surface area (Å²) in [6.07, 6.45) is 2.95. The molecule has 0 amide bonds. The van der Waals surface area contributed by atoms with E-state index < -0.39 is 0 Å². The molecule has 3 saturated carbocycles. The molecule has 3 aliphatic carbocycles. The van der Waals surface area contributed by atoms with Gasteiger partial charge in [-0.3, -0.25) is 0 Å². The third kappa shape index (κ3) is 1.68. The molecule has 22 heavy (non-hydrogen) atoms. The van der Waals surface area contributed by atoms with Gasteiger partial charge in [-0.2, -0.15) is 0 Å². The average molecular weight is 302 g/mol. The lowest BCUT2D eigenvalue weighted by Crippen LogP contribution is -2.66. The Morgan fingerprint density at radius 1 is 1.00 bits per heavy atom. The zero-order chi connectivity index (χ0) is 16.0. The van der Waals surface area contributed by atoms with Gasteiger partial charge in [-0.15, -0.1) is 0 Å². The summed E-state index contributed by atoms with van der Waals surface area (Å²) in [6.45, 7) is 10.4. The molecule has 4 aliphatic rings. The number of aryl methyl sites for hydroxylation is 1. The van der Waals surface area contributed by atoms with E-state index in [1.54, 1.807) is 6.07 Å². The van der Waals surface area contributed by atoms with Crippen LogP contribution in [0.3, 0.4) is 0 Å². The van der Waals surface area contributed by atoms with Crippen molar-refractivity contribution in [3.63, 3.8) is 0 Å². The predicted molar refractivity (Wildman–Crippen MR) is 85.4 cm³/mol. The Balaban J connectivity index is 1.54. The molecular formula is C18H24BFO2. The summed E-state index contributed by atoms with van der Waals surface area (Å²) in [6, 6.07) is 5.46. The topological polar surface area (TPSA) is 18.5 Å². The fourth-order valence-electron chi connectivity index (χ4n) is 4.54. The van der Waals surface area contributed by atoms with E-state index in [-0.39, 0.29) is 34.9 Å². The van der Waals surface area contributed by atoms with E-state index in [1.165, 1.54) is 0 Å². The number of hydrogen-bond acceptors (Lipinski definition) is 2. The molecular weight excluding hydrogens is 278 g/mol. The molecule has 0 N–H and O–H groups in total. The van der Waals surface area contributed by atoms with E-state index in [0.29, 0.717) is 0 Å². The van der Waals surface area contributed by atoms with Gasteiger partial charge in [0.15, 0.2) is 0 Å². The van der Waals surface area contributed by atoms with Crippen LogP contribution in [0, 0.1) is 12.7 Å². The third-order valence-electron chi connectivity index (χ3n) is 6.52. The van der Waals surface area contributed by atoms with Crippen LogP contribution in [-0.4, -0.2) is 18.3 Å². The first-order valence-electron chi connectivity index (χ1n) is 8.22. The lowest BCUT2D eigenvalue weighted by molar-refractivity contribution is -0.0406. The Hall–Kier alpha value is -0.865. The number of benzene rings is 1. The van der Waals surface area contributed by atoms with Gasteiger partial charge in [0, 0.05) is 5.31 Å². The van der Waals surface area contributed by atoms with E-state index in [1.807, 2.05) is 19.1 Å². The van der Waals surface area contributed by atoms with Crippen LogP contribution in [0.1, 0.15) is 58.1 Å². The number of rotatable bonds is 2. The lowest BCUT2D eigenvalue weighted by atomic mass is 9.23. The van der Waals surface area contributed by atoms with Gasteiger partial charge in [0.25, 0.3) is 0 Å². The highest BCUT2D eigenvalue weighted by Crippen LogP contribution is 2.81. The van der Waals surface area contributed by atoms with Crippen molar-refractivity contribution in [2.24, 2.45) is 0 Å². The molecule has 0 unspecified atom stereocenters. The minimum absolute atomic E-state index is 0.0275. The van der Waals surface area contributed by atoms with Crippen LogP contribution in [0.4, 0.5) is 4.39 Å². The molecule has 4 heteroatoms. The number of hydrogen-bond donors (Lipinski definition) is 0. The molecule has 1 saturated heterocycles. The first-order valence-corrected chi connectivity index (χ1v) is 8.22. The van der Waals surface area contributed by atoms with Crippen molar-refractivity contribution in [2.45, 2.75) is 75.8 Å². The Kier molecular flexibility index (Phi) is 2.65. The van der Waals surface area contributed by atoms with Gasteiger partial charge in [0.05, 0.1) is 11.2 Å². The van der Waals surface area contributed by atoms with E-state index in [9.17, 15) is 4.39 Å². The molecule has 1 heterocycles. The predicted octanol–water partition coefficient (Wildman–Crippen LogP) is 4.40. The van der Waals surface area contributed by atoms with Crippen LogP contribution < -0.4 is 0 Å². The first kappa shape index (κ1) is 14.7. The van der Waals surface area contributed by atoms with Crippen molar-refractivity contribution in [3.05, 3.63) is 35.1 Å². The second kappa shape index (κ2) is 3.96. The highest BCUT2D eigenvalue weighted by atomic mass is 19.1. The Morgan fingerprint density at radius 3 is 2.09 bits per heavy atom. The molecule has 1 aromatic rings. The van der Waals surface area contributed by atoms with Gasteiger partial charge in [0.1, 0.15) is 5.82 Å². The normalized spacial score (nSPS) is 37.6. The van der Waals surface area contributed by atoms with Gasteiger partial charge < -0.3 is 9.31 Å². The molecule has 118 valence electrons. The van der Waals surface area contributed by atoms with Crippen LogP contribution >= 0.6 is 0 Å². The summed E-state index contributed by atoms with van der Waals surface area (Å²) in [5.41, 5.74) is 1.49. The van der Waals surface area contributed by atoms with Gasteiger partial charge >= 0.3 is 7.12 Å². The highest BCUT2D eigenvalue weighted by molar-refractivity contribution is 6.51. The second-order valence-corrected chi connectivity index (χ2v) is 8.74. The molecule has 2 bridgehead atoms. The monoisotopic (exact) mass is 302 g/mol. The van der Waals surface area contributed by atoms with E-state index in [0.717, 1.165) is 30.4 Å². The van der Waals surface area contributed by atoms with E-state index >= 15 is 0 Å². The lowest BCUT2D eigenvalue weighted by Gasteiger charge is -2.71. The van der Waals surface area contributed by atoms with Crippen LogP contribution in [0.5, 0.6) is 0 Å². The van der Waals surface area contributed by atoms with Crippen LogP contribution in [-0.2, 0) is 14.7 Å². The SMILES string of the molecule is Cc1ccc(F)c(C23CC(B4OC(C)(C)C(C)(C)O4)(C2)C3)c1. The van der Waals surface area contributed by atoms with Crippen molar-refractivity contribution >= 4 is 7.12 Å². The molecule has 0 aromatic heterocycles. The van der Waals surface area contributed by atoms with Crippen molar-refractivity contribution < 1.29 is 13.7 Å². The zero-order valence-corrected chi connectivity index (χ0v) is 14.1. The van der Waals surface area contributed by atoms with Crippen molar-refractivity contribution in [1.82, 2.24) is 0 Å². The first-order chi connectivity index (χ1) is 10.1. The number of halogens is 1. The quantitative estimate of drug-likeness (QED) is 0.754. The average Bonchev–Trinajstić information content (AvgIpc) is 2.49. The Labute approximate surface area is 132 Å². The minimum Gasteiger partial charge on any atom is -0.403 e. The molecule has 2 nitrogen and oxygen atoms in total. The molecule has 4 fully saturated rings. The van der Waals surface area contributed by atoms with Crippen LogP contribution in [0.2, 0.25) is 5.31 Å². The van der Waals surface area contributed by atoms with Gasteiger partial charge in [-0.25, -0.2) is 4.39 Å². The van der Waals surface area contributed by atoms with Gasteiger partial charge in [-0.05, 0) is 70.9 Å². The van der Waals surface area contributed by atoms with Crippen molar-refractivity contribution in [1.29, 1.82) is 0 Å². The summed E-state index contributed by atoms with van der Waals surface area (Å²) in [7, 11) is -0.146. The van der Waals surface area contributed by atoms with Crippen molar-refractivity contribution in [2.75, 3.05) is 0 Å². The summed E-state index contributed by atoms with van der Waals surface area (Å²) in [5.74, 6) is -0.0622. The fraction of sp³-hybridized carbons (Fsp3) is 0.667. The largest absolute Gasteiger partial charge is 0.464 e. The molecule has 1 aromatic carbocycles. The molecule has 1 aliphatic heterocycles. The standard InChI is InChI=1S/C18H24BFO2/c1-12-6-7-14(20)13(8-12)17-9-18(10-17,11-17)19-21-15(2,3)16(4,5)22-19/h6-8H,9-11H2,1-5H3. The van der Waals surface area contributed by atoms with E-state index in [4.69, 9.17) is 9.31 Å². The van der Waals surface area contributed by atoms with Crippen LogP contribution in [0.25, 0.3) is 0 Å². The smallest absolute Gasteiger partial charge is 0.403 e. The minimum atomic E-state index is -0.283. The maximum Gasteiger partial charge on any atom is 0.464 e. The second-order valence-electron chi connectivity index (χ2n) is 8.74. The third-order valence-corrected chi connectivity index (χ3v) is 6.52. The van der Waals surface area contributed by atoms with Crippen molar-refractivity contribution in [3.8, 4) is 0 Å². The molecule has 0 spiro atoms. The summed E-state index contributed by atoms with van der Waals surface area (Å²) in [4.78, 5) is 0. The maximum absolute atomic E-state index is 14.2. The highest BCUT2D eigenvalue weighted by Gasteiger charge is 2.77. The molecule has 0 radical (unpaired) electrons. The Bertz CT molecular complexity index is 617. The van der Waals surface area contributed by atoms with Crippen LogP contribution in [0.15, 0.2) is 18.2 Å². The molecule has 5 rings (SSSR count). The summed E-state index contributed by atoms with van der Waals surface area (Å²) >= 11 is 0.